The van der Waals surface area contributed by atoms with E-state index in [0.717, 1.165) is 32.2 Å². The van der Waals surface area contributed by atoms with E-state index in [1.807, 2.05) is 12.2 Å². The van der Waals surface area contributed by atoms with Crippen LogP contribution in [0.4, 0.5) is 13.6 Å². The predicted octanol–water partition coefficient (Wildman–Crippen LogP) is 1.23. The summed E-state index contributed by atoms with van der Waals surface area (Å²) in [6.45, 7) is 5.33. The summed E-state index contributed by atoms with van der Waals surface area (Å²) in [5, 5.41) is 2.03. The van der Waals surface area contributed by atoms with Crippen molar-refractivity contribution >= 4 is 11.9 Å². The second-order valence-corrected chi connectivity index (χ2v) is 5.88. The highest BCUT2D eigenvalue weighted by atomic mass is 19.1. The Bertz CT molecular complexity index is 604. The molecular formula is C16H22F2N4O2. The van der Waals surface area contributed by atoms with E-state index < -0.39 is 23.6 Å². The van der Waals surface area contributed by atoms with E-state index in [9.17, 15) is 18.4 Å². The van der Waals surface area contributed by atoms with Crippen LogP contribution < -0.4 is 11.1 Å². The number of primary amides is 1. The topological polar surface area (TPSA) is 78.7 Å². The third kappa shape index (κ3) is 4.97. The van der Waals surface area contributed by atoms with Crippen molar-refractivity contribution in [1.82, 2.24) is 15.1 Å². The zero-order chi connectivity index (χ0) is 17.7. The van der Waals surface area contributed by atoms with Crippen LogP contribution in [0.2, 0.25) is 0 Å². The number of nitrogens with one attached hydrogen (secondary N) is 1. The number of carbonyl (C=O) groups is 2. The van der Waals surface area contributed by atoms with E-state index in [4.69, 9.17) is 5.73 Å². The molecule has 0 aromatic heterocycles. The van der Waals surface area contributed by atoms with Crippen LogP contribution in [0.5, 0.6) is 0 Å². The number of urea groups is 1. The predicted molar refractivity (Wildman–Crippen MR) is 85.1 cm³/mol. The Balaban J connectivity index is 1.81. The molecule has 8 heteroatoms. The quantitative estimate of drug-likeness (QED) is 0.845. The Morgan fingerprint density at radius 1 is 1.25 bits per heavy atom. The molecule has 1 fully saturated rings. The minimum atomic E-state index is -0.847. The number of halogens is 2. The molecule has 0 spiro atoms. The first-order valence-electron chi connectivity index (χ1n) is 7.87. The van der Waals surface area contributed by atoms with Crippen molar-refractivity contribution in [2.24, 2.45) is 5.73 Å². The van der Waals surface area contributed by atoms with Crippen molar-refractivity contribution in [3.8, 4) is 0 Å². The number of carbonyl (C=O) groups excluding carboxylic acids is 2. The van der Waals surface area contributed by atoms with Gasteiger partial charge < -0.3 is 10.6 Å². The Morgan fingerprint density at radius 2 is 1.92 bits per heavy atom. The van der Waals surface area contributed by atoms with Crippen LogP contribution in [0.15, 0.2) is 18.2 Å². The summed E-state index contributed by atoms with van der Waals surface area (Å²) in [5.41, 5.74) is 5.36. The van der Waals surface area contributed by atoms with Gasteiger partial charge in [-0.05, 0) is 13.0 Å². The van der Waals surface area contributed by atoms with Gasteiger partial charge in [0.15, 0.2) is 0 Å². The summed E-state index contributed by atoms with van der Waals surface area (Å²) in [4.78, 5) is 26.2. The molecule has 3 N–H and O–H groups in total. The fraction of sp³-hybridized carbons (Fsp3) is 0.500. The third-order valence-electron chi connectivity index (χ3n) is 4.28. The lowest BCUT2D eigenvalue weighted by Crippen LogP contribution is -2.48. The van der Waals surface area contributed by atoms with Crippen molar-refractivity contribution in [3.63, 3.8) is 0 Å². The summed E-state index contributed by atoms with van der Waals surface area (Å²) < 4.78 is 26.9. The fourth-order valence-electron chi connectivity index (χ4n) is 2.87. The molecule has 0 radical (unpaired) electrons. The van der Waals surface area contributed by atoms with Gasteiger partial charge in [0.25, 0.3) is 0 Å². The second kappa shape index (κ2) is 8.16. The smallest absolute Gasteiger partial charge is 0.318 e. The van der Waals surface area contributed by atoms with Gasteiger partial charge in [-0.3, -0.25) is 15.0 Å². The summed E-state index contributed by atoms with van der Waals surface area (Å²) in [6.07, 6.45) is 0.199. The van der Waals surface area contributed by atoms with Crippen LogP contribution in [0, 0.1) is 11.6 Å². The molecule has 6 nitrogen and oxygen atoms in total. The monoisotopic (exact) mass is 340 g/mol. The highest BCUT2D eigenvalue weighted by Crippen LogP contribution is 2.24. The van der Waals surface area contributed by atoms with Gasteiger partial charge in [0.05, 0.1) is 0 Å². The molecule has 1 saturated heterocycles. The number of amides is 3. The largest absolute Gasteiger partial charge is 0.351 e. The van der Waals surface area contributed by atoms with Gasteiger partial charge in [-0.25, -0.2) is 13.6 Å². The molecule has 132 valence electrons. The Labute approximate surface area is 139 Å². The van der Waals surface area contributed by atoms with Gasteiger partial charge in [0, 0.05) is 56.8 Å². The summed E-state index contributed by atoms with van der Waals surface area (Å²) >= 11 is 0. The molecular weight excluding hydrogens is 318 g/mol. The van der Waals surface area contributed by atoms with Crippen LogP contribution in [-0.2, 0) is 4.79 Å². The van der Waals surface area contributed by atoms with Crippen molar-refractivity contribution in [3.05, 3.63) is 35.4 Å². The summed E-state index contributed by atoms with van der Waals surface area (Å²) in [6, 6.07) is 2.66. The van der Waals surface area contributed by atoms with Crippen LogP contribution in [0.25, 0.3) is 0 Å². The van der Waals surface area contributed by atoms with Crippen molar-refractivity contribution in [1.29, 1.82) is 0 Å². The average Bonchev–Trinajstić information content (AvgIpc) is 2.52. The van der Waals surface area contributed by atoms with E-state index in [0.29, 0.717) is 12.1 Å². The second-order valence-electron chi connectivity index (χ2n) is 5.88. The first kappa shape index (κ1) is 18.3. The zero-order valence-electron chi connectivity index (χ0n) is 13.6. The van der Waals surface area contributed by atoms with Crippen LogP contribution in [-0.4, -0.2) is 54.5 Å². The summed E-state index contributed by atoms with van der Waals surface area (Å²) in [7, 11) is 0. The Hall–Kier alpha value is -2.06. The SMILES string of the molecule is C[C@H](c1ccc(F)cc1F)N1CCN(CCC(=O)NC(N)=O)CC1. The molecule has 1 aliphatic heterocycles. The lowest BCUT2D eigenvalue weighted by molar-refractivity contribution is -0.120. The van der Waals surface area contributed by atoms with E-state index in [2.05, 4.69) is 9.80 Å². The average molecular weight is 340 g/mol. The third-order valence-corrected chi connectivity index (χ3v) is 4.28. The van der Waals surface area contributed by atoms with E-state index in [1.54, 1.807) is 0 Å². The van der Waals surface area contributed by atoms with Crippen LogP contribution >= 0.6 is 0 Å². The summed E-state index contributed by atoms with van der Waals surface area (Å²) in [5.74, 6) is -1.51. The van der Waals surface area contributed by atoms with Crippen molar-refractivity contribution in [2.45, 2.75) is 19.4 Å². The van der Waals surface area contributed by atoms with E-state index in [1.165, 1.54) is 12.1 Å². The Kier molecular flexibility index (Phi) is 6.22. The number of hydrogen-bond acceptors (Lipinski definition) is 4. The van der Waals surface area contributed by atoms with Gasteiger partial charge in [-0.15, -0.1) is 0 Å². The van der Waals surface area contributed by atoms with Crippen molar-refractivity contribution in [2.75, 3.05) is 32.7 Å². The first-order valence-corrected chi connectivity index (χ1v) is 7.87. The molecule has 24 heavy (non-hydrogen) atoms. The number of imide groups is 1. The lowest BCUT2D eigenvalue weighted by atomic mass is 10.1. The Morgan fingerprint density at radius 3 is 2.50 bits per heavy atom. The molecule has 1 aromatic rings. The number of benzene rings is 1. The van der Waals surface area contributed by atoms with Crippen LogP contribution in [0.3, 0.4) is 0 Å². The standard InChI is InChI=1S/C16H22F2N4O2/c1-11(13-3-2-12(17)10-14(13)18)22-8-6-21(7-9-22)5-4-15(23)20-16(19)24/h2-3,10-11H,4-9H2,1H3,(H3,19,20,23,24)/t11-/m1/s1. The minimum absolute atomic E-state index is 0.147. The molecule has 0 saturated carbocycles. The minimum Gasteiger partial charge on any atom is -0.351 e. The van der Waals surface area contributed by atoms with E-state index >= 15 is 0 Å². The first-order chi connectivity index (χ1) is 11.4. The van der Waals surface area contributed by atoms with Crippen molar-refractivity contribution < 1.29 is 18.4 Å². The number of piperazine rings is 1. The normalized spacial score (nSPS) is 17.5. The molecule has 1 atom stereocenters. The highest BCUT2D eigenvalue weighted by molar-refractivity contribution is 5.93. The van der Waals surface area contributed by atoms with Gasteiger partial charge in [-0.1, -0.05) is 6.07 Å². The molecule has 0 unspecified atom stereocenters. The molecule has 0 bridgehead atoms. The number of rotatable bonds is 5. The van der Waals surface area contributed by atoms with Gasteiger partial charge in [0.2, 0.25) is 5.91 Å². The molecule has 0 aliphatic carbocycles. The fourth-order valence-corrected chi connectivity index (χ4v) is 2.87. The molecule has 1 heterocycles. The molecule has 1 aromatic carbocycles. The molecule has 2 rings (SSSR count). The van der Waals surface area contributed by atoms with Crippen LogP contribution in [0.1, 0.15) is 24.9 Å². The molecule has 1 aliphatic rings. The number of nitrogens with two attached hydrogens (primary N) is 1. The maximum absolute atomic E-state index is 13.9. The molecule has 3 amide bonds. The van der Waals surface area contributed by atoms with Gasteiger partial charge in [-0.2, -0.15) is 0 Å². The lowest BCUT2D eigenvalue weighted by Gasteiger charge is -2.38. The highest BCUT2D eigenvalue weighted by Gasteiger charge is 2.24. The number of hydrogen-bond donors (Lipinski definition) is 2. The van der Waals surface area contributed by atoms with Gasteiger partial charge in [0.1, 0.15) is 11.6 Å². The number of nitrogens with zero attached hydrogens (tertiary/aromatic N) is 2. The van der Waals surface area contributed by atoms with Gasteiger partial charge >= 0.3 is 6.03 Å². The van der Waals surface area contributed by atoms with E-state index in [-0.39, 0.29) is 12.5 Å². The maximum Gasteiger partial charge on any atom is 0.318 e. The zero-order valence-corrected chi connectivity index (χ0v) is 13.6. The maximum atomic E-state index is 13.9.